The SMILES string of the molecule is S=C(N[NH+]=Cc1ccc(OCc2c(Cl)cccc2Cl)cc1)Nc1ccccc1. The Labute approximate surface area is 179 Å². The van der Waals surface area contributed by atoms with Gasteiger partial charge in [-0.15, -0.1) is 10.5 Å². The van der Waals surface area contributed by atoms with Crippen molar-refractivity contribution >= 4 is 52.4 Å². The molecule has 28 heavy (non-hydrogen) atoms. The van der Waals surface area contributed by atoms with Gasteiger partial charge < -0.3 is 10.1 Å². The minimum Gasteiger partial charge on any atom is -0.489 e. The lowest BCUT2D eigenvalue weighted by molar-refractivity contribution is -0.499. The van der Waals surface area contributed by atoms with Crippen molar-refractivity contribution in [2.75, 3.05) is 5.32 Å². The largest absolute Gasteiger partial charge is 0.489 e. The van der Waals surface area contributed by atoms with E-state index in [4.69, 9.17) is 40.2 Å². The number of halogens is 2. The molecule has 0 radical (unpaired) electrons. The molecule has 0 unspecified atom stereocenters. The molecular weight excluding hydrogens is 413 g/mol. The van der Waals surface area contributed by atoms with Crippen LogP contribution in [0, 0.1) is 0 Å². The second kappa shape index (κ2) is 10.1. The first kappa shape index (κ1) is 20.1. The van der Waals surface area contributed by atoms with E-state index in [1.54, 1.807) is 24.4 Å². The number of nitrogens with one attached hydrogen (secondary N) is 3. The molecule has 3 N–H and O–H groups in total. The molecule has 0 aliphatic heterocycles. The first-order valence-corrected chi connectivity index (χ1v) is 9.65. The van der Waals surface area contributed by atoms with E-state index in [0.717, 1.165) is 22.6 Å². The summed E-state index contributed by atoms with van der Waals surface area (Å²) in [5.41, 5.74) is 5.55. The Kier molecular flexibility index (Phi) is 7.25. The first-order chi connectivity index (χ1) is 13.6. The van der Waals surface area contributed by atoms with E-state index in [2.05, 4.69) is 15.8 Å². The monoisotopic (exact) mass is 430 g/mol. The maximum absolute atomic E-state index is 6.15. The highest BCUT2D eigenvalue weighted by atomic mass is 35.5. The third-order valence-electron chi connectivity index (χ3n) is 3.78. The second-order valence-electron chi connectivity index (χ2n) is 5.79. The first-order valence-electron chi connectivity index (χ1n) is 8.48. The average Bonchev–Trinajstić information content (AvgIpc) is 2.69. The highest BCUT2D eigenvalue weighted by Gasteiger charge is 2.06. The molecule has 142 valence electrons. The minimum absolute atomic E-state index is 0.306. The van der Waals surface area contributed by atoms with E-state index in [9.17, 15) is 0 Å². The molecule has 0 heterocycles. The lowest BCUT2D eigenvalue weighted by atomic mass is 10.2. The molecule has 0 fully saturated rings. The Balaban J connectivity index is 1.50. The lowest BCUT2D eigenvalue weighted by Gasteiger charge is -2.09. The van der Waals surface area contributed by atoms with Crippen LogP contribution in [-0.4, -0.2) is 11.3 Å². The van der Waals surface area contributed by atoms with Crippen molar-refractivity contribution < 1.29 is 9.84 Å². The van der Waals surface area contributed by atoms with Crippen LogP contribution >= 0.6 is 35.4 Å². The van der Waals surface area contributed by atoms with E-state index in [1.165, 1.54) is 0 Å². The predicted molar refractivity (Wildman–Crippen MR) is 119 cm³/mol. The van der Waals surface area contributed by atoms with Crippen LogP contribution in [0.3, 0.4) is 0 Å². The Morgan fingerprint density at radius 3 is 2.29 bits per heavy atom. The summed E-state index contributed by atoms with van der Waals surface area (Å²) in [4.78, 5) is 0. The summed E-state index contributed by atoms with van der Waals surface area (Å²) in [6, 6.07) is 22.7. The molecule has 0 aromatic heterocycles. The molecule has 0 atom stereocenters. The van der Waals surface area contributed by atoms with Crippen molar-refractivity contribution in [3.05, 3.63) is 94.0 Å². The molecule has 0 bridgehead atoms. The fraction of sp³-hybridized carbons (Fsp3) is 0.0476. The molecule has 3 rings (SSSR count). The number of rotatable bonds is 6. The third-order valence-corrected chi connectivity index (χ3v) is 4.69. The zero-order chi connectivity index (χ0) is 19.8. The van der Waals surface area contributed by atoms with Crippen LogP contribution in [0.1, 0.15) is 11.1 Å². The Hall–Kier alpha value is -2.60. The number of ether oxygens (including phenoxy) is 1. The van der Waals surface area contributed by atoms with Gasteiger partial charge in [-0.1, -0.05) is 47.5 Å². The summed E-state index contributed by atoms with van der Waals surface area (Å²) < 4.78 is 5.77. The molecule has 0 spiro atoms. The Morgan fingerprint density at radius 2 is 1.61 bits per heavy atom. The van der Waals surface area contributed by atoms with Gasteiger partial charge in [0, 0.05) is 26.9 Å². The van der Waals surface area contributed by atoms with Gasteiger partial charge in [-0.3, -0.25) is 0 Å². The number of hydrogen-bond acceptors (Lipinski definition) is 2. The van der Waals surface area contributed by atoms with Crippen LogP contribution < -0.4 is 20.6 Å². The van der Waals surface area contributed by atoms with Crippen molar-refractivity contribution in [3.63, 3.8) is 0 Å². The normalized spacial score (nSPS) is 10.6. The molecule has 7 heteroatoms. The second-order valence-corrected chi connectivity index (χ2v) is 7.01. The molecule has 0 saturated carbocycles. The average molecular weight is 431 g/mol. The highest BCUT2D eigenvalue weighted by Crippen LogP contribution is 2.25. The summed E-state index contributed by atoms with van der Waals surface area (Å²) in [5, 5.41) is 7.69. The topological polar surface area (TPSA) is 47.3 Å². The van der Waals surface area contributed by atoms with E-state index in [-0.39, 0.29) is 0 Å². The predicted octanol–water partition coefficient (Wildman–Crippen LogP) is 3.97. The number of hydrazone groups is 1. The van der Waals surface area contributed by atoms with Crippen LogP contribution in [0.5, 0.6) is 5.75 Å². The van der Waals surface area contributed by atoms with Crippen molar-refractivity contribution in [1.29, 1.82) is 0 Å². The van der Waals surface area contributed by atoms with E-state index in [0.29, 0.717) is 21.8 Å². The Bertz CT molecular complexity index is 943. The Morgan fingerprint density at radius 1 is 0.929 bits per heavy atom. The summed E-state index contributed by atoms with van der Waals surface area (Å²) in [6.45, 7) is 0.306. The zero-order valence-corrected chi connectivity index (χ0v) is 17.1. The molecular formula is C21H18Cl2N3OS+. The summed E-state index contributed by atoms with van der Waals surface area (Å²) in [5.74, 6) is 0.724. The maximum Gasteiger partial charge on any atom is 0.228 e. The van der Waals surface area contributed by atoms with Gasteiger partial charge in [-0.25, -0.2) is 0 Å². The van der Waals surface area contributed by atoms with Crippen LogP contribution in [0.2, 0.25) is 10.0 Å². The highest BCUT2D eigenvalue weighted by molar-refractivity contribution is 7.80. The van der Waals surface area contributed by atoms with Gasteiger partial charge >= 0.3 is 0 Å². The zero-order valence-electron chi connectivity index (χ0n) is 14.8. The van der Waals surface area contributed by atoms with Crippen molar-refractivity contribution in [2.45, 2.75) is 6.61 Å². The van der Waals surface area contributed by atoms with Gasteiger partial charge in [0.25, 0.3) is 0 Å². The smallest absolute Gasteiger partial charge is 0.228 e. The van der Waals surface area contributed by atoms with Crippen LogP contribution in [0.4, 0.5) is 5.69 Å². The molecule has 3 aromatic carbocycles. The van der Waals surface area contributed by atoms with Crippen molar-refractivity contribution in [2.24, 2.45) is 0 Å². The van der Waals surface area contributed by atoms with Gasteiger partial charge in [0.1, 0.15) is 12.4 Å². The van der Waals surface area contributed by atoms with Gasteiger partial charge in [-0.2, -0.15) is 0 Å². The van der Waals surface area contributed by atoms with Gasteiger partial charge in [0.05, 0.1) is 0 Å². The molecule has 4 nitrogen and oxygen atoms in total. The fourth-order valence-corrected chi connectivity index (χ4v) is 3.04. The quantitative estimate of drug-likeness (QED) is 0.314. The number of hydrogen-bond donors (Lipinski definition) is 3. The molecule has 0 saturated heterocycles. The maximum atomic E-state index is 6.15. The van der Waals surface area contributed by atoms with Gasteiger partial charge in [-0.05, 0) is 60.7 Å². The number of hydrazine groups is 1. The summed E-state index contributed by atoms with van der Waals surface area (Å²) in [7, 11) is 0. The van der Waals surface area contributed by atoms with Crippen LogP contribution in [0.25, 0.3) is 0 Å². The van der Waals surface area contributed by atoms with E-state index in [1.807, 2.05) is 54.6 Å². The number of thiocarbonyl (C=S) groups is 1. The van der Waals surface area contributed by atoms with Crippen LogP contribution in [0.15, 0.2) is 72.8 Å². The minimum atomic E-state index is 0.306. The van der Waals surface area contributed by atoms with Crippen molar-refractivity contribution in [3.8, 4) is 5.75 Å². The van der Waals surface area contributed by atoms with Gasteiger partial charge in [0.15, 0.2) is 6.21 Å². The summed E-state index contributed by atoms with van der Waals surface area (Å²) >= 11 is 17.5. The number of anilines is 1. The molecule has 0 amide bonds. The third kappa shape index (κ3) is 5.96. The molecule has 0 aliphatic rings. The van der Waals surface area contributed by atoms with Gasteiger partial charge in [0.2, 0.25) is 5.11 Å². The van der Waals surface area contributed by atoms with Crippen LogP contribution in [-0.2, 0) is 6.61 Å². The lowest BCUT2D eigenvalue weighted by Crippen LogP contribution is -2.82. The van der Waals surface area contributed by atoms with Crippen molar-refractivity contribution in [1.82, 2.24) is 5.43 Å². The molecule has 0 aliphatic carbocycles. The standard InChI is InChI=1S/C21H17Cl2N3OS/c22-19-7-4-8-20(23)18(19)14-27-17-11-9-15(10-12-17)13-24-26-21(28)25-16-5-2-1-3-6-16/h1-13H,14H2,(H2,25,26,28)/p+1. The summed E-state index contributed by atoms with van der Waals surface area (Å²) in [6.07, 6.45) is 1.80. The number of benzene rings is 3. The number of para-hydroxylation sites is 1. The van der Waals surface area contributed by atoms with E-state index < -0.39 is 0 Å². The molecule has 3 aromatic rings. The van der Waals surface area contributed by atoms with E-state index >= 15 is 0 Å². The fourth-order valence-electron chi connectivity index (χ4n) is 2.35.